The van der Waals surface area contributed by atoms with Crippen molar-refractivity contribution in [3.05, 3.63) is 11.6 Å². The fraction of sp³-hybridized carbons (Fsp3) is 0.917. The molecule has 4 aliphatic carbocycles. The van der Waals surface area contributed by atoms with Crippen molar-refractivity contribution >= 4 is 0 Å². The number of aliphatic hydroxyl groups excluding tert-OH is 1. The predicted octanol–water partition coefficient (Wildman–Crippen LogP) is 4.65. The van der Waals surface area contributed by atoms with Crippen LogP contribution in [0.25, 0.3) is 0 Å². The van der Waals surface area contributed by atoms with Gasteiger partial charge in [-0.25, -0.2) is 0 Å². The van der Waals surface area contributed by atoms with Crippen LogP contribution in [0.4, 0.5) is 0 Å². The van der Waals surface area contributed by atoms with E-state index in [1.165, 1.54) is 44.9 Å². The molecule has 0 radical (unpaired) electrons. The van der Waals surface area contributed by atoms with Gasteiger partial charge in [0, 0.05) is 6.61 Å². The molecule has 3 nitrogen and oxygen atoms in total. The van der Waals surface area contributed by atoms with Crippen molar-refractivity contribution in [3.63, 3.8) is 0 Å². The summed E-state index contributed by atoms with van der Waals surface area (Å²) in [5.41, 5.74) is 2.29. The molecule has 0 aromatic carbocycles. The summed E-state index contributed by atoms with van der Waals surface area (Å²) in [5, 5.41) is 10.6. The number of nitrogens with zero attached hydrogens (tertiary/aromatic N) is 1. The zero-order valence-corrected chi connectivity index (χ0v) is 18.0. The Labute approximate surface area is 166 Å². The lowest BCUT2D eigenvalue weighted by Crippen LogP contribution is -2.51. The molecular weight excluding hydrogens is 334 g/mol. The minimum atomic E-state index is -0.0560. The summed E-state index contributed by atoms with van der Waals surface area (Å²) in [6.07, 6.45) is 13.9. The van der Waals surface area contributed by atoms with Crippen molar-refractivity contribution in [3.8, 4) is 0 Å². The monoisotopic (exact) mass is 375 g/mol. The average Bonchev–Trinajstić information content (AvgIpc) is 2.94. The largest absolute Gasteiger partial charge is 0.393 e. The maximum Gasteiger partial charge on any atom is 0.0758 e. The van der Waals surface area contributed by atoms with E-state index in [0.29, 0.717) is 11.5 Å². The molecule has 3 fully saturated rings. The number of ether oxygens (including phenoxy) is 1. The van der Waals surface area contributed by atoms with E-state index in [4.69, 9.17) is 4.74 Å². The Morgan fingerprint density at radius 1 is 1.07 bits per heavy atom. The molecule has 0 aromatic rings. The fourth-order valence-electron chi connectivity index (χ4n) is 7.42. The molecular formula is C24H41NO2. The SMILES string of the molecule is CN(C)CCCOC1C=C2CCC3C(CCC4(C)C(O)CCC34)C2(C)CC1. The van der Waals surface area contributed by atoms with Crippen LogP contribution in [0.15, 0.2) is 11.6 Å². The molecule has 4 aliphatic rings. The quantitative estimate of drug-likeness (QED) is 0.561. The Morgan fingerprint density at radius 2 is 1.89 bits per heavy atom. The first-order chi connectivity index (χ1) is 12.8. The second-order valence-electron chi connectivity index (χ2n) is 10.8. The fourth-order valence-corrected chi connectivity index (χ4v) is 7.42. The minimum absolute atomic E-state index is 0.0560. The van der Waals surface area contributed by atoms with Gasteiger partial charge in [0.05, 0.1) is 12.2 Å². The maximum absolute atomic E-state index is 10.6. The minimum Gasteiger partial charge on any atom is -0.393 e. The van der Waals surface area contributed by atoms with Crippen LogP contribution in [0.2, 0.25) is 0 Å². The van der Waals surface area contributed by atoms with E-state index in [9.17, 15) is 5.11 Å². The van der Waals surface area contributed by atoms with Crippen molar-refractivity contribution in [1.82, 2.24) is 4.90 Å². The van der Waals surface area contributed by atoms with E-state index in [-0.39, 0.29) is 11.5 Å². The zero-order valence-electron chi connectivity index (χ0n) is 18.0. The van der Waals surface area contributed by atoms with Gasteiger partial charge in [-0.05, 0) is 107 Å². The van der Waals surface area contributed by atoms with Crippen LogP contribution >= 0.6 is 0 Å². The molecule has 0 aromatic heterocycles. The normalized spacial score (nSPS) is 46.6. The van der Waals surface area contributed by atoms with Crippen LogP contribution in [0.1, 0.15) is 71.6 Å². The molecule has 3 heteroatoms. The lowest BCUT2D eigenvalue weighted by atomic mass is 9.47. The molecule has 3 saturated carbocycles. The average molecular weight is 376 g/mol. The molecule has 7 unspecified atom stereocenters. The highest BCUT2D eigenvalue weighted by Crippen LogP contribution is 2.65. The second kappa shape index (κ2) is 7.46. The molecule has 0 aliphatic heterocycles. The molecule has 27 heavy (non-hydrogen) atoms. The van der Waals surface area contributed by atoms with Crippen molar-refractivity contribution in [2.24, 2.45) is 28.6 Å². The van der Waals surface area contributed by atoms with Crippen LogP contribution in [0.3, 0.4) is 0 Å². The molecule has 0 bridgehead atoms. The molecule has 154 valence electrons. The molecule has 0 spiro atoms. The topological polar surface area (TPSA) is 32.7 Å². The summed E-state index contributed by atoms with van der Waals surface area (Å²) in [6, 6.07) is 0. The van der Waals surface area contributed by atoms with Crippen LogP contribution in [-0.4, -0.2) is 49.5 Å². The lowest BCUT2D eigenvalue weighted by molar-refractivity contribution is -0.0780. The second-order valence-corrected chi connectivity index (χ2v) is 10.8. The smallest absolute Gasteiger partial charge is 0.0758 e. The van der Waals surface area contributed by atoms with Gasteiger partial charge < -0.3 is 14.7 Å². The van der Waals surface area contributed by atoms with E-state index in [2.05, 4.69) is 38.9 Å². The summed E-state index contributed by atoms with van der Waals surface area (Å²) in [6.45, 7) is 6.94. The number of allylic oxidation sites excluding steroid dienone is 1. The summed E-state index contributed by atoms with van der Waals surface area (Å²) >= 11 is 0. The van der Waals surface area contributed by atoms with Gasteiger partial charge in [-0.3, -0.25) is 0 Å². The standard InChI is InChI=1S/C24H41NO2/c1-23-12-10-18(27-15-5-14-25(3)4)16-17(23)6-7-19-20-8-9-22(26)24(20,2)13-11-21(19)23/h16,18-22,26H,5-15H2,1-4H3. The van der Waals surface area contributed by atoms with Gasteiger partial charge in [0.25, 0.3) is 0 Å². The number of aliphatic hydroxyl groups is 1. The molecule has 0 amide bonds. The van der Waals surface area contributed by atoms with Crippen LogP contribution in [0, 0.1) is 28.6 Å². The Bertz CT molecular complexity index is 573. The van der Waals surface area contributed by atoms with Gasteiger partial charge in [0.2, 0.25) is 0 Å². The van der Waals surface area contributed by atoms with Gasteiger partial charge in [-0.1, -0.05) is 25.5 Å². The first-order valence-electron chi connectivity index (χ1n) is 11.5. The predicted molar refractivity (Wildman–Crippen MR) is 111 cm³/mol. The number of fused-ring (bicyclic) bond motifs is 5. The van der Waals surface area contributed by atoms with E-state index < -0.39 is 0 Å². The van der Waals surface area contributed by atoms with Crippen LogP contribution in [-0.2, 0) is 4.74 Å². The Hall–Kier alpha value is -0.380. The first kappa shape index (κ1) is 19.9. The van der Waals surface area contributed by atoms with E-state index in [1.54, 1.807) is 5.57 Å². The third-order valence-electron chi connectivity index (χ3n) is 9.10. The summed E-state index contributed by atoms with van der Waals surface area (Å²) < 4.78 is 6.23. The highest BCUT2D eigenvalue weighted by Gasteiger charge is 2.58. The van der Waals surface area contributed by atoms with Gasteiger partial charge >= 0.3 is 0 Å². The third-order valence-corrected chi connectivity index (χ3v) is 9.10. The van der Waals surface area contributed by atoms with Gasteiger partial charge in [-0.15, -0.1) is 0 Å². The highest BCUT2D eigenvalue weighted by atomic mass is 16.5. The van der Waals surface area contributed by atoms with Crippen LogP contribution in [0.5, 0.6) is 0 Å². The summed E-state index contributed by atoms with van der Waals surface area (Å²) in [4.78, 5) is 2.23. The third kappa shape index (κ3) is 3.42. The number of hydrogen-bond donors (Lipinski definition) is 1. The molecule has 0 heterocycles. The van der Waals surface area contributed by atoms with Crippen molar-refractivity contribution < 1.29 is 9.84 Å². The summed E-state index contributed by atoms with van der Waals surface area (Å²) in [7, 11) is 4.26. The van der Waals surface area contributed by atoms with Gasteiger partial charge in [-0.2, -0.15) is 0 Å². The van der Waals surface area contributed by atoms with Crippen molar-refractivity contribution in [1.29, 1.82) is 0 Å². The molecule has 4 rings (SSSR count). The van der Waals surface area contributed by atoms with Gasteiger partial charge in [0.15, 0.2) is 0 Å². The first-order valence-corrected chi connectivity index (χ1v) is 11.5. The summed E-state index contributed by atoms with van der Waals surface area (Å²) in [5.74, 6) is 2.42. The molecule has 1 N–H and O–H groups in total. The zero-order chi connectivity index (χ0) is 19.2. The Balaban J connectivity index is 1.43. The Morgan fingerprint density at radius 3 is 2.67 bits per heavy atom. The van der Waals surface area contributed by atoms with Crippen molar-refractivity contribution in [2.75, 3.05) is 27.2 Å². The van der Waals surface area contributed by atoms with Gasteiger partial charge in [0.1, 0.15) is 0 Å². The number of rotatable bonds is 5. The molecule has 7 atom stereocenters. The Kier molecular flexibility index (Phi) is 5.50. The van der Waals surface area contributed by atoms with Crippen molar-refractivity contribution in [2.45, 2.75) is 83.8 Å². The van der Waals surface area contributed by atoms with Crippen LogP contribution < -0.4 is 0 Å². The maximum atomic E-state index is 10.6. The highest BCUT2D eigenvalue weighted by molar-refractivity contribution is 5.25. The van der Waals surface area contributed by atoms with E-state index >= 15 is 0 Å². The van der Waals surface area contributed by atoms with E-state index in [1.807, 2.05) is 0 Å². The molecule has 0 saturated heterocycles. The number of hydrogen-bond acceptors (Lipinski definition) is 3. The van der Waals surface area contributed by atoms with E-state index in [0.717, 1.165) is 43.7 Å². The lowest BCUT2D eigenvalue weighted by Gasteiger charge is -2.58.